The lowest BCUT2D eigenvalue weighted by Crippen LogP contribution is -2.74. The highest BCUT2D eigenvalue weighted by molar-refractivity contribution is 5.80. The van der Waals surface area contributed by atoms with Gasteiger partial charge in [-0.15, -0.1) is 0 Å². The van der Waals surface area contributed by atoms with Crippen molar-refractivity contribution in [1.82, 2.24) is 5.32 Å². The summed E-state index contributed by atoms with van der Waals surface area (Å²) in [6, 6.07) is -1.37. The molecule has 1 rings (SSSR count). The molecular weight excluding hydrogens is 288 g/mol. The van der Waals surface area contributed by atoms with E-state index in [4.69, 9.17) is 20.7 Å². The Morgan fingerprint density at radius 2 is 1.86 bits per heavy atom. The van der Waals surface area contributed by atoms with Crippen molar-refractivity contribution in [1.29, 1.82) is 0 Å². The average Bonchev–Trinajstić information content (AvgIpc) is 2.42. The van der Waals surface area contributed by atoms with Gasteiger partial charge in [-0.05, 0) is 0 Å². The van der Waals surface area contributed by atoms with Crippen LogP contribution in [0.25, 0.3) is 0 Å². The molecule has 21 heavy (non-hydrogen) atoms. The van der Waals surface area contributed by atoms with Crippen LogP contribution >= 0.6 is 0 Å². The molecule has 1 unspecified atom stereocenters. The van der Waals surface area contributed by atoms with E-state index in [1.165, 1.54) is 0 Å². The minimum Gasteiger partial charge on any atom is -0.480 e. The molecule has 8 N–H and O–H groups in total. The quantitative estimate of drug-likeness (QED) is 0.264. The average molecular weight is 308 g/mol. The fraction of sp³-hybridized carbons (Fsp3) is 0.818. The van der Waals surface area contributed by atoms with E-state index in [9.17, 15) is 24.9 Å². The van der Waals surface area contributed by atoms with Crippen molar-refractivity contribution >= 4 is 11.9 Å². The molecule has 0 aromatic carbocycles. The first-order valence-corrected chi connectivity index (χ1v) is 6.21. The van der Waals surface area contributed by atoms with Crippen LogP contribution in [-0.4, -0.2) is 86.6 Å². The molecule has 1 aliphatic heterocycles. The van der Waals surface area contributed by atoms with Crippen LogP contribution in [0, 0.1) is 0 Å². The Kier molecular flexibility index (Phi) is 5.61. The van der Waals surface area contributed by atoms with Gasteiger partial charge in [-0.1, -0.05) is 0 Å². The third-order valence-corrected chi connectivity index (χ3v) is 3.46. The van der Waals surface area contributed by atoms with Gasteiger partial charge >= 0.3 is 5.97 Å². The Bertz CT molecular complexity index is 406. The van der Waals surface area contributed by atoms with Crippen molar-refractivity contribution in [3.63, 3.8) is 0 Å². The number of amides is 1. The number of carboxylic acid groups (broad SMARTS) is 1. The molecule has 0 aliphatic carbocycles. The van der Waals surface area contributed by atoms with Crippen LogP contribution in [-0.2, 0) is 14.3 Å². The zero-order chi connectivity index (χ0) is 16.4. The number of carbonyl (C=O) groups excluding carboxylic acids is 1. The van der Waals surface area contributed by atoms with E-state index >= 15 is 0 Å². The Labute approximate surface area is 120 Å². The third-order valence-electron chi connectivity index (χ3n) is 3.46. The largest absolute Gasteiger partial charge is 0.480 e. The third kappa shape index (κ3) is 3.31. The monoisotopic (exact) mass is 308 g/mol. The van der Waals surface area contributed by atoms with Gasteiger partial charge in [-0.2, -0.15) is 0 Å². The van der Waals surface area contributed by atoms with Gasteiger partial charge in [0, 0.05) is 6.92 Å². The van der Waals surface area contributed by atoms with Crippen molar-refractivity contribution in [3.05, 3.63) is 0 Å². The molecule has 0 bridgehead atoms. The molecule has 0 aromatic heterocycles. The molecule has 10 heteroatoms. The normalized spacial score (nSPS) is 35.8. The van der Waals surface area contributed by atoms with Crippen LogP contribution in [0.3, 0.4) is 0 Å². The number of rotatable bonds is 5. The summed E-state index contributed by atoms with van der Waals surface area (Å²) in [4.78, 5) is 22.5. The second-order valence-corrected chi connectivity index (χ2v) is 4.99. The predicted molar refractivity (Wildman–Crippen MR) is 67.0 cm³/mol. The summed E-state index contributed by atoms with van der Waals surface area (Å²) in [5.41, 5.74) is 3.27. The molecule has 1 heterocycles. The lowest BCUT2D eigenvalue weighted by Gasteiger charge is -2.47. The van der Waals surface area contributed by atoms with Gasteiger partial charge in [0.15, 0.2) is 5.54 Å². The molecule has 10 nitrogen and oxygen atoms in total. The molecule has 1 aliphatic rings. The second-order valence-electron chi connectivity index (χ2n) is 4.99. The zero-order valence-corrected chi connectivity index (χ0v) is 11.3. The van der Waals surface area contributed by atoms with E-state index in [-0.39, 0.29) is 0 Å². The molecule has 0 spiro atoms. The first-order chi connectivity index (χ1) is 9.68. The molecule has 1 saturated heterocycles. The lowest BCUT2D eigenvalue weighted by molar-refractivity contribution is -0.217. The Morgan fingerprint density at radius 1 is 1.29 bits per heavy atom. The smallest absolute Gasteiger partial charge is 0.328 e. The highest BCUT2D eigenvalue weighted by Gasteiger charge is 2.55. The van der Waals surface area contributed by atoms with Crippen LogP contribution < -0.4 is 11.1 Å². The summed E-state index contributed by atoms with van der Waals surface area (Å²) in [6.45, 7) is -0.626. The number of aliphatic hydroxyl groups excluding tert-OH is 4. The summed E-state index contributed by atoms with van der Waals surface area (Å²) < 4.78 is 5.21. The van der Waals surface area contributed by atoms with Crippen molar-refractivity contribution in [3.8, 4) is 0 Å². The summed E-state index contributed by atoms with van der Waals surface area (Å²) in [5.74, 6) is -2.24. The standard InChI is InChI=1S/C11H20N2O8/c1-4(16)13-6-8(18)7(17)5(2-14)21-9(6)11(12,3-15)10(19)20/h5-9,14-15,17-18H,2-3,12H2,1H3,(H,13,16)(H,19,20)/t5-,6-,7+,8-,9?,11-/m1/s1. The minimum atomic E-state index is -2.33. The molecule has 1 amide bonds. The summed E-state index contributed by atoms with van der Waals surface area (Å²) in [5, 5.41) is 49.6. The lowest BCUT2D eigenvalue weighted by atomic mass is 9.81. The molecule has 0 saturated carbocycles. The Balaban J connectivity index is 3.20. The maximum atomic E-state index is 11.3. The maximum Gasteiger partial charge on any atom is 0.328 e. The van der Waals surface area contributed by atoms with Crippen LogP contribution in [0.15, 0.2) is 0 Å². The van der Waals surface area contributed by atoms with Gasteiger partial charge < -0.3 is 41.3 Å². The number of nitrogens with one attached hydrogen (secondary N) is 1. The number of aliphatic hydroxyl groups is 4. The van der Waals surface area contributed by atoms with Gasteiger partial charge in [0.2, 0.25) is 5.91 Å². The maximum absolute atomic E-state index is 11.3. The Morgan fingerprint density at radius 3 is 2.24 bits per heavy atom. The van der Waals surface area contributed by atoms with E-state index in [1.54, 1.807) is 0 Å². The van der Waals surface area contributed by atoms with E-state index in [2.05, 4.69) is 5.32 Å². The highest BCUT2D eigenvalue weighted by Crippen LogP contribution is 2.27. The van der Waals surface area contributed by atoms with Crippen molar-refractivity contribution < 1.29 is 39.9 Å². The number of carbonyl (C=O) groups is 2. The van der Waals surface area contributed by atoms with E-state index < -0.39 is 61.1 Å². The first-order valence-electron chi connectivity index (χ1n) is 6.21. The van der Waals surface area contributed by atoms with Gasteiger partial charge in [0.1, 0.15) is 24.4 Å². The summed E-state index contributed by atoms with van der Waals surface area (Å²) in [7, 11) is 0. The number of aliphatic carboxylic acids is 1. The van der Waals surface area contributed by atoms with Crippen LogP contribution in [0.1, 0.15) is 6.92 Å². The van der Waals surface area contributed by atoms with Crippen molar-refractivity contribution in [2.45, 2.75) is 42.9 Å². The first kappa shape index (κ1) is 17.8. The van der Waals surface area contributed by atoms with Crippen LogP contribution in [0.2, 0.25) is 0 Å². The fourth-order valence-electron chi connectivity index (χ4n) is 2.23. The molecule has 0 aromatic rings. The van der Waals surface area contributed by atoms with Crippen LogP contribution in [0.4, 0.5) is 0 Å². The summed E-state index contributed by atoms with van der Waals surface area (Å²) >= 11 is 0. The number of hydrogen-bond donors (Lipinski definition) is 7. The van der Waals surface area contributed by atoms with Gasteiger partial charge in [-0.25, -0.2) is 0 Å². The molecule has 0 radical (unpaired) electrons. The number of hydrogen-bond acceptors (Lipinski definition) is 8. The molecular formula is C11H20N2O8. The molecule has 122 valence electrons. The van der Waals surface area contributed by atoms with Gasteiger partial charge in [0.25, 0.3) is 0 Å². The number of ether oxygens (including phenoxy) is 1. The second kappa shape index (κ2) is 6.64. The predicted octanol–water partition coefficient (Wildman–Crippen LogP) is -4.25. The van der Waals surface area contributed by atoms with Crippen molar-refractivity contribution in [2.75, 3.05) is 13.2 Å². The Hall–Kier alpha value is -1.30. The topological polar surface area (TPSA) is 183 Å². The van der Waals surface area contributed by atoms with Gasteiger partial charge in [0.05, 0.1) is 19.3 Å². The van der Waals surface area contributed by atoms with Crippen LogP contribution in [0.5, 0.6) is 0 Å². The number of nitrogens with two attached hydrogens (primary N) is 1. The molecule has 1 fully saturated rings. The van der Waals surface area contributed by atoms with Crippen molar-refractivity contribution in [2.24, 2.45) is 5.73 Å². The summed E-state index contributed by atoms with van der Waals surface area (Å²) in [6.07, 6.45) is -6.04. The molecule has 6 atom stereocenters. The minimum absolute atomic E-state index is 0.618. The van der Waals surface area contributed by atoms with Gasteiger partial charge in [-0.3, -0.25) is 9.59 Å². The van der Waals surface area contributed by atoms with E-state index in [0.29, 0.717) is 0 Å². The number of carboxylic acids is 1. The highest BCUT2D eigenvalue weighted by atomic mass is 16.5. The van der Waals surface area contributed by atoms with E-state index in [0.717, 1.165) is 6.92 Å². The van der Waals surface area contributed by atoms with E-state index in [1.807, 2.05) is 0 Å². The zero-order valence-electron chi connectivity index (χ0n) is 11.3. The fourth-order valence-corrected chi connectivity index (χ4v) is 2.23. The SMILES string of the molecule is CC(=O)N[C@H]1C([C@](N)(CO)C(=O)O)O[C@H](CO)[C@H](O)[C@@H]1O.